The number of nitrogens with zero attached hydrogens (tertiary/aromatic N) is 5. The minimum Gasteiger partial charge on any atom is -0.311 e. The Balaban J connectivity index is 0.000000215. The van der Waals surface area contributed by atoms with Crippen LogP contribution in [0.2, 0.25) is 0 Å². The topological polar surface area (TPSA) is 16.2 Å². The Bertz CT molecular complexity index is 4330. The second kappa shape index (κ2) is 43.1. The Labute approximate surface area is 631 Å². The molecule has 534 valence electrons. The van der Waals surface area contributed by atoms with Crippen molar-refractivity contribution in [2.24, 2.45) is 0 Å². The number of hydrogen-bond donors (Lipinski definition) is 0. The molecule has 0 aromatic heterocycles. The molecule has 0 saturated carbocycles. The monoisotopic (exact) mass is 1380 g/mol. The highest BCUT2D eigenvalue weighted by atomic mass is 15.2. The van der Waals surface area contributed by atoms with Crippen molar-refractivity contribution >= 4 is 85.3 Å². The van der Waals surface area contributed by atoms with E-state index >= 15 is 0 Å². The number of para-hydroxylation sites is 5. The van der Waals surface area contributed by atoms with Gasteiger partial charge in [0.05, 0.1) is 0 Å². The van der Waals surface area contributed by atoms with Crippen LogP contribution < -0.4 is 24.5 Å². The smallest absolute Gasteiger partial charge is 0.0463 e. The molecular formula is C100H109N5. The van der Waals surface area contributed by atoms with E-state index in [9.17, 15) is 0 Å². The summed E-state index contributed by atoms with van der Waals surface area (Å²) in [5, 5.41) is 0. The van der Waals surface area contributed by atoms with Gasteiger partial charge in [-0.3, -0.25) is 0 Å². The van der Waals surface area contributed by atoms with E-state index in [0.29, 0.717) is 0 Å². The third kappa shape index (κ3) is 22.5. The predicted molar refractivity (Wildman–Crippen MR) is 463 cm³/mol. The quantitative estimate of drug-likeness (QED) is 0.0955. The molecule has 0 saturated heterocycles. The third-order valence-electron chi connectivity index (χ3n) is 16.8. The molecule has 14 aromatic carbocycles. The van der Waals surface area contributed by atoms with Crippen LogP contribution in [0.15, 0.2) is 370 Å². The number of hydrogen-bond acceptors (Lipinski definition) is 5. The maximum atomic E-state index is 2.30. The highest BCUT2D eigenvalue weighted by Crippen LogP contribution is 2.42. The molecule has 5 heteroatoms. The molecule has 0 unspecified atom stereocenters. The molecule has 0 aliphatic rings. The lowest BCUT2D eigenvalue weighted by Gasteiger charge is -2.28. The molecule has 0 heterocycles. The van der Waals surface area contributed by atoms with Crippen molar-refractivity contribution in [2.45, 2.75) is 111 Å². The lowest BCUT2D eigenvalue weighted by molar-refractivity contribution is 1.25. The van der Waals surface area contributed by atoms with Crippen LogP contribution in [-0.4, -0.2) is 0 Å². The van der Waals surface area contributed by atoms with E-state index < -0.39 is 0 Å². The molecule has 14 rings (SSSR count). The summed E-state index contributed by atoms with van der Waals surface area (Å²) < 4.78 is 0. The minimum atomic E-state index is 1.12. The molecule has 5 nitrogen and oxygen atoms in total. The molecule has 0 aliphatic carbocycles. The molecule has 105 heavy (non-hydrogen) atoms. The van der Waals surface area contributed by atoms with E-state index in [0.717, 1.165) is 68.2 Å². The average Bonchev–Trinajstić information content (AvgIpc) is 0.814. The van der Waals surface area contributed by atoms with Gasteiger partial charge in [0, 0.05) is 85.3 Å². The second-order valence-electron chi connectivity index (χ2n) is 24.0. The largest absolute Gasteiger partial charge is 0.311 e. The highest BCUT2D eigenvalue weighted by molar-refractivity contribution is 5.84. The fourth-order valence-corrected chi connectivity index (χ4v) is 11.6. The molecule has 0 radical (unpaired) electrons. The first-order chi connectivity index (χ1) is 51.6. The van der Waals surface area contributed by atoms with Crippen molar-refractivity contribution < 1.29 is 0 Å². The van der Waals surface area contributed by atoms with Crippen molar-refractivity contribution in [2.75, 3.05) is 24.5 Å². The maximum Gasteiger partial charge on any atom is 0.0463 e. The first-order valence-electron chi connectivity index (χ1n) is 37.5. The molecule has 0 N–H and O–H groups in total. The Morgan fingerprint density at radius 1 is 0.114 bits per heavy atom. The zero-order chi connectivity index (χ0) is 75.3. The molecule has 0 fully saturated rings. The van der Waals surface area contributed by atoms with Gasteiger partial charge in [-0.1, -0.05) is 291 Å². The summed E-state index contributed by atoms with van der Waals surface area (Å²) in [5.41, 5.74) is 27.1. The number of aryl methyl sites for hydroxylation is 6. The predicted octanol–water partition coefficient (Wildman–Crippen LogP) is 31.1. The molecule has 14 aromatic rings. The summed E-state index contributed by atoms with van der Waals surface area (Å²) in [6.07, 6.45) is 0. The second-order valence-corrected chi connectivity index (χ2v) is 24.0. The number of rotatable bonds is 16. The highest BCUT2D eigenvalue weighted by Gasteiger charge is 2.19. The standard InChI is InChI=1S/C38H32N2.C32H28N2.C20H19N.5C2H6/c1-29-13-21-35(22-14-29)39(33-9-5-3-6-10-33)37-25-17-31(18-26-37)32-19-27-38(28-20-32)40(34-11-7-4-8-12-34)36-23-15-30(2)16-24-36;1-25-13-17-29(18-14-25)33(27-9-5-3-6-10-27)31-21-23-32(24-22-31)34(28-11-7-4-8-12-28)30-19-15-26(2)16-20-30;1-16-8-12-19(13-9-16)21(18-6-4-3-5-7-18)20-14-10-17(2)11-15-20;5*1-2/h3-28H,1-2H3;3-24H,1-2H3;3-15H,1-2H3;5*1-2H3. The van der Waals surface area contributed by atoms with Crippen LogP contribution in [0.4, 0.5) is 85.3 Å². The Morgan fingerprint density at radius 2 is 0.210 bits per heavy atom. The van der Waals surface area contributed by atoms with Crippen LogP contribution in [0.1, 0.15) is 103 Å². The molecule has 0 amide bonds. The summed E-state index contributed by atoms with van der Waals surface area (Å²) in [6.45, 7) is 32.7. The van der Waals surface area contributed by atoms with Crippen LogP contribution in [0.5, 0.6) is 0 Å². The summed E-state index contributed by atoms with van der Waals surface area (Å²) in [6, 6.07) is 131. The van der Waals surface area contributed by atoms with Crippen LogP contribution >= 0.6 is 0 Å². The van der Waals surface area contributed by atoms with Gasteiger partial charge in [-0.05, 0) is 235 Å². The fourth-order valence-electron chi connectivity index (χ4n) is 11.6. The van der Waals surface area contributed by atoms with Gasteiger partial charge >= 0.3 is 0 Å². The first kappa shape index (κ1) is 80.4. The van der Waals surface area contributed by atoms with Gasteiger partial charge in [0.1, 0.15) is 0 Å². The molecule has 0 bridgehead atoms. The summed E-state index contributed by atoms with van der Waals surface area (Å²) in [4.78, 5) is 11.5. The number of anilines is 15. The van der Waals surface area contributed by atoms with Crippen LogP contribution in [0.3, 0.4) is 0 Å². The maximum absolute atomic E-state index is 2.30. The zero-order valence-corrected chi connectivity index (χ0v) is 65.0. The molecule has 0 aliphatic heterocycles. The van der Waals surface area contributed by atoms with E-state index in [-0.39, 0.29) is 0 Å². The molecule has 0 atom stereocenters. The lowest BCUT2D eigenvalue weighted by atomic mass is 10.0. The van der Waals surface area contributed by atoms with Gasteiger partial charge in [0.15, 0.2) is 0 Å². The normalized spacial score (nSPS) is 9.90. The van der Waals surface area contributed by atoms with Crippen molar-refractivity contribution in [3.05, 3.63) is 403 Å². The van der Waals surface area contributed by atoms with E-state index in [4.69, 9.17) is 0 Å². The van der Waals surface area contributed by atoms with Crippen molar-refractivity contribution in [1.29, 1.82) is 0 Å². The lowest BCUT2D eigenvalue weighted by Crippen LogP contribution is -2.12. The molecule has 0 spiro atoms. The van der Waals surface area contributed by atoms with E-state index in [2.05, 4.69) is 430 Å². The Hall–Kier alpha value is -11.9. The summed E-state index contributed by atoms with van der Waals surface area (Å²) in [7, 11) is 0. The van der Waals surface area contributed by atoms with E-state index in [1.54, 1.807) is 0 Å². The van der Waals surface area contributed by atoms with Crippen LogP contribution in [-0.2, 0) is 0 Å². The van der Waals surface area contributed by atoms with Gasteiger partial charge in [-0.15, -0.1) is 0 Å². The summed E-state index contributed by atoms with van der Waals surface area (Å²) in [5.74, 6) is 0. The average molecular weight is 1380 g/mol. The van der Waals surface area contributed by atoms with E-state index in [1.165, 1.54) is 61.6 Å². The number of benzene rings is 14. The fraction of sp³-hybridized carbons (Fsp3) is 0.160. The Morgan fingerprint density at radius 3 is 0.333 bits per heavy atom. The van der Waals surface area contributed by atoms with Gasteiger partial charge in [-0.2, -0.15) is 0 Å². The first-order valence-corrected chi connectivity index (χ1v) is 37.5. The van der Waals surface area contributed by atoms with Gasteiger partial charge in [0.25, 0.3) is 0 Å². The van der Waals surface area contributed by atoms with Crippen molar-refractivity contribution in [3.8, 4) is 11.1 Å². The SMILES string of the molecule is CC.CC.CC.CC.CC.Cc1ccc(N(c2ccccc2)c2ccc(-c3ccc(N(c4ccccc4)c4ccc(C)cc4)cc3)cc2)cc1.Cc1ccc(N(c2ccccc2)c2ccc(C)cc2)cc1.Cc1ccc(N(c2ccccc2)c2ccc(N(c3ccccc3)c3ccc(C)cc3)cc2)cc1. The van der Waals surface area contributed by atoms with Gasteiger partial charge in [-0.25, -0.2) is 0 Å². The van der Waals surface area contributed by atoms with Crippen molar-refractivity contribution in [3.63, 3.8) is 0 Å². The summed E-state index contributed by atoms with van der Waals surface area (Å²) >= 11 is 0. The Kier molecular flexibility index (Phi) is 33.0. The van der Waals surface area contributed by atoms with Gasteiger partial charge in [0.2, 0.25) is 0 Å². The third-order valence-corrected chi connectivity index (χ3v) is 16.8. The molecular weight excluding hydrogens is 1270 g/mol. The zero-order valence-electron chi connectivity index (χ0n) is 65.0. The van der Waals surface area contributed by atoms with Gasteiger partial charge < -0.3 is 24.5 Å². The van der Waals surface area contributed by atoms with Crippen LogP contribution in [0.25, 0.3) is 11.1 Å². The van der Waals surface area contributed by atoms with Crippen molar-refractivity contribution in [1.82, 2.24) is 0 Å². The van der Waals surface area contributed by atoms with Crippen LogP contribution in [0, 0.1) is 41.5 Å². The van der Waals surface area contributed by atoms with E-state index in [1.807, 2.05) is 75.3 Å². The minimum absolute atomic E-state index is 1.12.